The molecule has 2 rings (SSSR count). The molecule has 0 bridgehead atoms. The van der Waals surface area contributed by atoms with Crippen molar-refractivity contribution in [3.05, 3.63) is 41.7 Å². The predicted octanol–water partition coefficient (Wildman–Crippen LogP) is 1.88. The van der Waals surface area contributed by atoms with E-state index >= 15 is 0 Å². The monoisotopic (exact) mass is 243 g/mol. The van der Waals surface area contributed by atoms with Gasteiger partial charge in [-0.25, -0.2) is 0 Å². The number of methoxy groups -OCH3 is 1. The molecule has 0 spiro atoms. The van der Waals surface area contributed by atoms with E-state index < -0.39 is 0 Å². The lowest BCUT2D eigenvalue weighted by Gasteiger charge is -2.09. The number of hydrogen-bond donors (Lipinski definition) is 0. The summed E-state index contributed by atoms with van der Waals surface area (Å²) in [6.07, 6.45) is 3.42. The van der Waals surface area contributed by atoms with Gasteiger partial charge >= 0.3 is 0 Å². The van der Waals surface area contributed by atoms with Crippen molar-refractivity contribution < 1.29 is 9.47 Å². The van der Waals surface area contributed by atoms with Crippen molar-refractivity contribution in [2.45, 2.75) is 6.61 Å². The van der Waals surface area contributed by atoms with Gasteiger partial charge in [-0.15, -0.1) is 0 Å². The Balaban J connectivity index is 2.15. The number of ether oxygens (including phenoxy) is 2. The van der Waals surface area contributed by atoms with Gasteiger partial charge in [0.15, 0.2) is 5.75 Å². The van der Waals surface area contributed by atoms with Crippen LogP contribution in [0.2, 0.25) is 0 Å². The van der Waals surface area contributed by atoms with Crippen molar-refractivity contribution in [3.63, 3.8) is 0 Å². The first-order valence-corrected chi connectivity index (χ1v) is 5.41. The molecular formula is C13H13N3O2. The first kappa shape index (κ1) is 12.0. The van der Waals surface area contributed by atoms with Crippen molar-refractivity contribution >= 4 is 0 Å². The lowest BCUT2D eigenvalue weighted by molar-refractivity contribution is 0.296. The van der Waals surface area contributed by atoms with Crippen LogP contribution in [0.5, 0.6) is 11.5 Å². The Morgan fingerprint density at radius 1 is 1.44 bits per heavy atom. The quantitative estimate of drug-likeness (QED) is 0.822. The van der Waals surface area contributed by atoms with Gasteiger partial charge in [-0.05, 0) is 18.2 Å². The van der Waals surface area contributed by atoms with Gasteiger partial charge in [0.25, 0.3) is 0 Å². The van der Waals surface area contributed by atoms with Gasteiger partial charge < -0.3 is 9.47 Å². The van der Waals surface area contributed by atoms with Crippen molar-refractivity contribution in [2.75, 3.05) is 7.11 Å². The molecule has 92 valence electrons. The molecule has 0 aliphatic rings. The molecule has 0 aliphatic carbocycles. The van der Waals surface area contributed by atoms with Gasteiger partial charge in [-0.1, -0.05) is 0 Å². The largest absolute Gasteiger partial charge is 0.496 e. The van der Waals surface area contributed by atoms with Gasteiger partial charge in [0.2, 0.25) is 0 Å². The molecule has 1 aromatic heterocycles. The van der Waals surface area contributed by atoms with E-state index in [-0.39, 0.29) is 0 Å². The predicted molar refractivity (Wildman–Crippen MR) is 65.2 cm³/mol. The molecule has 1 heterocycles. The van der Waals surface area contributed by atoms with E-state index in [2.05, 4.69) is 11.2 Å². The summed E-state index contributed by atoms with van der Waals surface area (Å²) in [6, 6.07) is 7.33. The fraction of sp³-hybridized carbons (Fsp3) is 0.231. The van der Waals surface area contributed by atoms with Crippen LogP contribution in [-0.4, -0.2) is 16.9 Å². The topological polar surface area (TPSA) is 60.1 Å². The summed E-state index contributed by atoms with van der Waals surface area (Å²) in [6.45, 7) is 0.338. The highest BCUT2D eigenvalue weighted by Gasteiger charge is 2.06. The zero-order valence-electron chi connectivity index (χ0n) is 10.3. The summed E-state index contributed by atoms with van der Waals surface area (Å²) in [5.41, 5.74) is 1.42. The van der Waals surface area contributed by atoms with Gasteiger partial charge in [-0.3, -0.25) is 4.68 Å². The van der Waals surface area contributed by atoms with E-state index in [1.807, 2.05) is 7.05 Å². The van der Waals surface area contributed by atoms with E-state index in [4.69, 9.17) is 14.7 Å². The molecule has 18 heavy (non-hydrogen) atoms. The summed E-state index contributed by atoms with van der Waals surface area (Å²) >= 11 is 0. The van der Waals surface area contributed by atoms with Crippen molar-refractivity contribution in [2.24, 2.45) is 7.05 Å². The Hall–Kier alpha value is -2.48. The Morgan fingerprint density at radius 3 is 2.89 bits per heavy atom. The minimum atomic E-state index is 0.338. The van der Waals surface area contributed by atoms with E-state index in [9.17, 15) is 0 Å². The first-order valence-electron chi connectivity index (χ1n) is 5.41. The average Bonchev–Trinajstić information content (AvgIpc) is 2.81. The summed E-state index contributed by atoms with van der Waals surface area (Å²) < 4.78 is 12.5. The van der Waals surface area contributed by atoms with Gasteiger partial charge in [0, 0.05) is 12.6 Å². The molecule has 5 nitrogen and oxygen atoms in total. The van der Waals surface area contributed by atoms with Gasteiger partial charge in [0.05, 0.1) is 31.1 Å². The summed E-state index contributed by atoms with van der Waals surface area (Å²) in [4.78, 5) is 0. The molecular weight excluding hydrogens is 230 g/mol. The van der Waals surface area contributed by atoms with Crippen LogP contribution in [0.1, 0.15) is 11.1 Å². The van der Waals surface area contributed by atoms with Crippen LogP contribution in [0.15, 0.2) is 30.6 Å². The Labute approximate surface area is 105 Å². The number of hydrogen-bond acceptors (Lipinski definition) is 4. The molecule has 2 aromatic rings. The highest BCUT2D eigenvalue weighted by atomic mass is 16.5. The second-order valence-corrected chi connectivity index (χ2v) is 3.78. The molecule has 0 N–H and O–H groups in total. The molecule has 0 radical (unpaired) electrons. The highest BCUT2D eigenvalue weighted by Crippen LogP contribution is 2.21. The maximum absolute atomic E-state index is 8.87. The lowest BCUT2D eigenvalue weighted by atomic mass is 10.1. The molecule has 0 aliphatic heterocycles. The Bertz CT molecular complexity index is 584. The third kappa shape index (κ3) is 2.61. The summed E-state index contributed by atoms with van der Waals surface area (Å²) in [7, 11) is 3.42. The number of benzene rings is 1. The van der Waals surface area contributed by atoms with Crippen molar-refractivity contribution in [1.29, 1.82) is 5.26 Å². The highest BCUT2D eigenvalue weighted by molar-refractivity contribution is 5.41. The Morgan fingerprint density at radius 2 is 2.28 bits per heavy atom. The smallest absolute Gasteiger partial charge is 0.157 e. The number of nitrogens with zero attached hydrogens (tertiary/aromatic N) is 3. The zero-order chi connectivity index (χ0) is 13.0. The average molecular weight is 243 g/mol. The van der Waals surface area contributed by atoms with E-state index in [0.29, 0.717) is 23.7 Å². The van der Waals surface area contributed by atoms with Crippen LogP contribution in [-0.2, 0) is 13.7 Å². The second-order valence-electron chi connectivity index (χ2n) is 3.78. The first-order chi connectivity index (χ1) is 8.72. The molecule has 0 saturated carbocycles. The minimum Gasteiger partial charge on any atom is -0.496 e. The second kappa shape index (κ2) is 5.23. The maximum atomic E-state index is 8.87. The van der Waals surface area contributed by atoms with Crippen LogP contribution in [0.25, 0.3) is 0 Å². The molecule has 1 aromatic carbocycles. The standard InChI is InChI=1S/C13H13N3O2/c1-16-8-12(7-15-16)18-9-11-5-10(6-14)3-4-13(11)17-2/h3-5,7-8H,9H2,1-2H3. The molecule has 0 atom stereocenters. The van der Waals surface area contributed by atoms with Crippen LogP contribution < -0.4 is 9.47 Å². The Kier molecular flexibility index (Phi) is 3.49. The number of aromatic nitrogens is 2. The fourth-order valence-corrected chi connectivity index (χ4v) is 1.60. The van der Waals surface area contributed by atoms with Crippen LogP contribution >= 0.6 is 0 Å². The zero-order valence-corrected chi connectivity index (χ0v) is 10.3. The molecule has 0 unspecified atom stereocenters. The normalized spacial score (nSPS) is 9.83. The molecule has 0 amide bonds. The summed E-state index contributed by atoms with van der Waals surface area (Å²) in [5, 5.41) is 12.9. The van der Waals surface area contributed by atoms with Gasteiger partial charge in [0.1, 0.15) is 12.4 Å². The summed E-state index contributed by atoms with van der Waals surface area (Å²) in [5.74, 6) is 1.39. The third-order valence-corrected chi connectivity index (χ3v) is 2.49. The van der Waals surface area contributed by atoms with E-state index in [1.54, 1.807) is 42.4 Å². The number of rotatable bonds is 4. The van der Waals surface area contributed by atoms with Crippen LogP contribution in [0.3, 0.4) is 0 Å². The van der Waals surface area contributed by atoms with Gasteiger partial charge in [-0.2, -0.15) is 10.4 Å². The maximum Gasteiger partial charge on any atom is 0.157 e. The third-order valence-electron chi connectivity index (χ3n) is 2.49. The van der Waals surface area contributed by atoms with Crippen LogP contribution in [0, 0.1) is 11.3 Å². The molecule has 0 fully saturated rings. The molecule has 5 heteroatoms. The van der Waals surface area contributed by atoms with E-state index in [0.717, 1.165) is 5.56 Å². The SMILES string of the molecule is COc1ccc(C#N)cc1COc1cnn(C)c1. The number of nitriles is 1. The lowest BCUT2D eigenvalue weighted by Crippen LogP contribution is -1.99. The molecule has 0 saturated heterocycles. The van der Waals surface area contributed by atoms with Crippen molar-refractivity contribution in [3.8, 4) is 17.6 Å². The minimum absolute atomic E-state index is 0.338. The van der Waals surface area contributed by atoms with E-state index in [1.165, 1.54) is 0 Å². The van der Waals surface area contributed by atoms with Crippen molar-refractivity contribution in [1.82, 2.24) is 9.78 Å². The fourth-order valence-electron chi connectivity index (χ4n) is 1.60. The van der Waals surface area contributed by atoms with Crippen LogP contribution in [0.4, 0.5) is 0 Å². The number of aryl methyl sites for hydroxylation is 1.